The van der Waals surface area contributed by atoms with Crippen LogP contribution >= 0.6 is 11.3 Å². The fraction of sp³-hybridized carbons (Fsp3) is 0.308. The molecule has 5 heteroatoms. The minimum atomic E-state index is -0.544. The zero-order chi connectivity index (χ0) is 13.0. The highest BCUT2D eigenvalue weighted by Crippen LogP contribution is 2.14. The van der Waals surface area contributed by atoms with E-state index in [4.69, 9.17) is 0 Å². The molecule has 0 saturated carbocycles. The Balaban J connectivity index is 2.05. The first-order valence-electron chi connectivity index (χ1n) is 5.68. The molecule has 2 nitrogen and oxygen atoms in total. The molecule has 0 amide bonds. The van der Waals surface area contributed by atoms with Crippen molar-refractivity contribution >= 4 is 11.3 Å². The molecule has 1 atom stereocenters. The van der Waals surface area contributed by atoms with E-state index in [1.165, 1.54) is 12.1 Å². The second kappa shape index (κ2) is 6.02. The number of aromatic nitrogens is 1. The van der Waals surface area contributed by atoms with Gasteiger partial charge in [0.05, 0.1) is 5.01 Å². The monoisotopic (exact) mass is 268 g/mol. The lowest BCUT2D eigenvalue weighted by Gasteiger charge is -2.15. The first kappa shape index (κ1) is 13.1. The Morgan fingerprint density at radius 2 is 2.17 bits per heavy atom. The van der Waals surface area contributed by atoms with Crippen molar-refractivity contribution in [3.63, 3.8) is 0 Å². The van der Waals surface area contributed by atoms with E-state index in [0.29, 0.717) is 12.0 Å². The van der Waals surface area contributed by atoms with Gasteiger partial charge in [-0.2, -0.15) is 0 Å². The Labute approximate surface area is 109 Å². The maximum Gasteiger partial charge on any atom is 0.129 e. The molecule has 2 rings (SSSR count). The van der Waals surface area contributed by atoms with Crippen LogP contribution in [0.25, 0.3) is 0 Å². The third-order valence-corrected chi connectivity index (χ3v) is 3.60. The van der Waals surface area contributed by atoms with Crippen LogP contribution in [-0.2, 0) is 12.8 Å². The molecular formula is C13H14F2N2S. The predicted molar refractivity (Wildman–Crippen MR) is 68.7 cm³/mol. The quantitative estimate of drug-likeness (QED) is 0.902. The van der Waals surface area contributed by atoms with Gasteiger partial charge < -0.3 is 5.32 Å². The summed E-state index contributed by atoms with van der Waals surface area (Å²) in [6.07, 6.45) is 3.01. The Hall–Kier alpha value is -1.33. The van der Waals surface area contributed by atoms with E-state index in [-0.39, 0.29) is 6.04 Å². The number of hydrogen-bond acceptors (Lipinski definition) is 3. The first-order valence-corrected chi connectivity index (χ1v) is 6.56. The molecule has 0 spiro atoms. The third kappa shape index (κ3) is 3.34. The Morgan fingerprint density at radius 1 is 1.33 bits per heavy atom. The SMILES string of the molecule is CNC(Cc1nccs1)Cc1ccc(F)cc1F. The van der Waals surface area contributed by atoms with Crippen molar-refractivity contribution < 1.29 is 8.78 Å². The smallest absolute Gasteiger partial charge is 0.129 e. The molecule has 1 heterocycles. The second-order valence-corrected chi connectivity index (χ2v) is 5.03. The summed E-state index contributed by atoms with van der Waals surface area (Å²) in [5.74, 6) is -1.04. The maximum atomic E-state index is 13.5. The van der Waals surface area contributed by atoms with Crippen LogP contribution in [0.3, 0.4) is 0 Å². The molecule has 96 valence electrons. The van der Waals surface area contributed by atoms with Crippen molar-refractivity contribution in [3.8, 4) is 0 Å². The first-order chi connectivity index (χ1) is 8.69. The Kier molecular flexibility index (Phi) is 4.38. The van der Waals surface area contributed by atoms with Crippen LogP contribution in [0.1, 0.15) is 10.6 Å². The van der Waals surface area contributed by atoms with Crippen molar-refractivity contribution in [2.45, 2.75) is 18.9 Å². The van der Waals surface area contributed by atoms with Crippen molar-refractivity contribution in [3.05, 3.63) is 52.0 Å². The van der Waals surface area contributed by atoms with Crippen molar-refractivity contribution in [1.82, 2.24) is 10.3 Å². The predicted octanol–water partition coefficient (Wildman–Crippen LogP) is 2.79. The minimum absolute atomic E-state index is 0.0936. The van der Waals surface area contributed by atoms with Crippen LogP contribution in [-0.4, -0.2) is 18.1 Å². The van der Waals surface area contributed by atoms with Gasteiger partial charge in [-0.3, -0.25) is 0 Å². The third-order valence-electron chi connectivity index (χ3n) is 2.79. The molecule has 0 aliphatic rings. The molecule has 0 aliphatic heterocycles. The number of likely N-dealkylation sites (N-methyl/N-ethyl adjacent to an activating group) is 1. The number of rotatable bonds is 5. The highest BCUT2D eigenvalue weighted by molar-refractivity contribution is 7.09. The van der Waals surface area contributed by atoms with Crippen molar-refractivity contribution in [1.29, 1.82) is 0 Å². The number of thiazole rings is 1. The normalized spacial score (nSPS) is 12.6. The van der Waals surface area contributed by atoms with Gasteiger partial charge in [-0.05, 0) is 25.1 Å². The van der Waals surface area contributed by atoms with Crippen LogP contribution < -0.4 is 5.32 Å². The van der Waals surface area contributed by atoms with E-state index in [1.807, 2.05) is 12.4 Å². The van der Waals surface area contributed by atoms with Gasteiger partial charge in [0.25, 0.3) is 0 Å². The highest BCUT2D eigenvalue weighted by atomic mass is 32.1. The lowest BCUT2D eigenvalue weighted by molar-refractivity contribution is 0.523. The van der Waals surface area contributed by atoms with Crippen LogP contribution in [0.4, 0.5) is 8.78 Å². The van der Waals surface area contributed by atoms with E-state index in [0.717, 1.165) is 17.5 Å². The molecule has 0 saturated heterocycles. The summed E-state index contributed by atoms with van der Waals surface area (Å²) in [6.45, 7) is 0. The lowest BCUT2D eigenvalue weighted by Crippen LogP contribution is -2.30. The number of nitrogens with one attached hydrogen (secondary N) is 1. The maximum absolute atomic E-state index is 13.5. The molecule has 0 radical (unpaired) electrons. The number of nitrogens with zero attached hydrogens (tertiary/aromatic N) is 1. The molecule has 2 aromatic rings. The van der Waals surface area contributed by atoms with E-state index < -0.39 is 11.6 Å². The molecule has 1 unspecified atom stereocenters. The molecule has 18 heavy (non-hydrogen) atoms. The summed E-state index contributed by atoms with van der Waals surface area (Å²) >= 11 is 1.58. The average Bonchev–Trinajstić information content (AvgIpc) is 2.84. The van der Waals surface area contributed by atoms with Gasteiger partial charge in [-0.25, -0.2) is 13.8 Å². The molecule has 0 aliphatic carbocycles. The highest BCUT2D eigenvalue weighted by Gasteiger charge is 2.13. The standard InChI is InChI=1S/C13H14F2N2S/c1-16-11(8-13-17-4-5-18-13)6-9-2-3-10(14)7-12(9)15/h2-5,7,11,16H,6,8H2,1H3. The fourth-order valence-corrected chi connectivity index (χ4v) is 2.49. The Morgan fingerprint density at radius 3 is 2.78 bits per heavy atom. The van der Waals surface area contributed by atoms with Crippen LogP contribution in [0.5, 0.6) is 0 Å². The lowest BCUT2D eigenvalue weighted by atomic mass is 10.0. The van der Waals surface area contributed by atoms with Gasteiger partial charge >= 0.3 is 0 Å². The van der Waals surface area contributed by atoms with Gasteiger partial charge in [0, 0.05) is 30.1 Å². The van der Waals surface area contributed by atoms with Crippen LogP contribution in [0.2, 0.25) is 0 Å². The number of hydrogen-bond donors (Lipinski definition) is 1. The van der Waals surface area contributed by atoms with Gasteiger partial charge in [-0.1, -0.05) is 6.07 Å². The average molecular weight is 268 g/mol. The molecule has 0 bridgehead atoms. The minimum Gasteiger partial charge on any atom is -0.316 e. The molecule has 1 N–H and O–H groups in total. The van der Waals surface area contributed by atoms with Crippen LogP contribution in [0, 0.1) is 11.6 Å². The molecule has 1 aromatic carbocycles. The van der Waals surface area contributed by atoms with Crippen molar-refractivity contribution in [2.75, 3.05) is 7.05 Å². The van der Waals surface area contributed by atoms with Crippen molar-refractivity contribution in [2.24, 2.45) is 0 Å². The summed E-state index contributed by atoms with van der Waals surface area (Å²) < 4.78 is 26.4. The summed E-state index contributed by atoms with van der Waals surface area (Å²) in [6, 6.07) is 3.80. The Bertz CT molecular complexity index is 500. The summed E-state index contributed by atoms with van der Waals surface area (Å²) in [4.78, 5) is 4.21. The van der Waals surface area contributed by atoms with E-state index in [2.05, 4.69) is 10.3 Å². The van der Waals surface area contributed by atoms with Gasteiger partial charge in [-0.15, -0.1) is 11.3 Å². The largest absolute Gasteiger partial charge is 0.316 e. The van der Waals surface area contributed by atoms with Gasteiger partial charge in [0.2, 0.25) is 0 Å². The zero-order valence-corrected chi connectivity index (χ0v) is 10.8. The zero-order valence-electron chi connectivity index (χ0n) is 9.99. The molecular weight excluding hydrogens is 254 g/mol. The summed E-state index contributed by atoms with van der Waals surface area (Å²) in [5.41, 5.74) is 0.521. The molecule has 1 aromatic heterocycles. The van der Waals surface area contributed by atoms with Crippen LogP contribution in [0.15, 0.2) is 29.8 Å². The molecule has 0 fully saturated rings. The van der Waals surface area contributed by atoms with E-state index in [1.54, 1.807) is 17.5 Å². The van der Waals surface area contributed by atoms with Gasteiger partial charge in [0.1, 0.15) is 11.6 Å². The summed E-state index contributed by atoms with van der Waals surface area (Å²) in [5, 5.41) is 6.07. The topological polar surface area (TPSA) is 24.9 Å². The van der Waals surface area contributed by atoms with Gasteiger partial charge in [0.15, 0.2) is 0 Å². The number of halogens is 2. The van der Waals surface area contributed by atoms with E-state index in [9.17, 15) is 8.78 Å². The fourth-order valence-electron chi connectivity index (χ4n) is 1.79. The summed E-state index contributed by atoms with van der Waals surface area (Å²) in [7, 11) is 1.83. The number of benzene rings is 1. The second-order valence-electron chi connectivity index (χ2n) is 4.06. The van der Waals surface area contributed by atoms with E-state index >= 15 is 0 Å².